The van der Waals surface area contributed by atoms with Gasteiger partial charge in [-0.15, -0.1) is 0 Å². The summed E-state index contributed by atoms with van der Waals surface area (Å²) in [5, 5.41) is 34.0. The van der Waals surface area contributed by atoms with E-state index in [9.17, 15) is 39.1 Å². The SMILES string of the molecule is CC(=O)Nc1cc2cc(c1O)-c1cc(ccc1OCCN)[C@H](N(C)C(=O)[C@H](CCN)NC(=O)c1c(C)nc(-c3ccc(C(C)(C)C)cc3)nc1C)C(=O)N[C@@H](C)C(=O)N[C@H](C(=O)NCC#N)C2. The number of nitriles is 1. The Morgan fingerprint density at radius 3 is 2.24 bits per heavy atom. The molecule has 19 heteroatoms. The molecule has 0 saturated heterocycles. The van der Waals surface area contributed by atoms with E-state index >= 15 is 0 Å². The standard InChI is InChI=1S/C48H59N11O8/c1-25-39(26(2)54-42(53-25)30-9-12-32(13-10-30)48(5,6)7)45(64)57-35(15-16-49)47(66)59(8)40-31-11-14-38(67-20-18-51)33(24-31)34-21-29(22-36(41(34)61)56-28(4)60)23-37(44(63)52-19-17-50)58-43(62)27(3)55-46(40)65/h9-14,21-22,24,27,35,37,40,61H,15-16,18-20,23,49,51H2,1-8H3,(H,52,63)(H,55,65)(H,56,60)(H,57,64)(H,58,62)/t27-,35-,37-,40-/m0/s1. The largest absolute Gasteiger partial charge is 0.505 e. The van der Waals surface area contributed by atoms with Crippen LogP contribution in [0.1, 0.15) is 85.5 Å². The van der Waals surface area contributed by atoms with Crippen molar-refractivity contribution in [1.29, 1.82) is 5.26 Å². The topological polar surface area (TPSA) is 297 Å². The minimum absolute atomic E-state index is 0.0378. The van der Waals surface area contributed by atoms with Gasteiger partial charge in [0, 0.05) is 43.6 Å². The summed E-state index contributed by atoms with van der Waals surface area (Å²) in [5.74, 6) is -4.00. The molecule has 1 aliphatic heterocycles. The molecule has 1 aliphatic rings. The van der Waals surface area contributed by atoms with Crippen molar-refractivity contribution >= 4 is 41.1 Å². The third kappa shape index (κ3) is 12.1. The second-order valence-corrected chi connectivity index (χ2v) is 17.4. The van der Waals surface area contributed by atoms with Crippen molar-refractivity contribution < 1.29 is 38.6 Å². The van der Waals surface area contributed by atoms with Crippen molar-refractivity contribution in [2.24, 2.45) is 11.5 Å². The highest BCUT2D eigenvalue weighted by Crippen LogP contribution is 2.43. The molecule has 1 aromatic heterocycles. The molecule has 354 valence electrons. The number of aromatic nitrogens is 2. The smallest absolute Gasteiger partial charge is 0.255 e. The molecule has 6 amide bonds. The van der Waals surface area contributed by atoms with Crippen LogP contribution in [0.25, 0.3) is 22.5 Å². The first-order chi connectivity index (χ1) is 31.7. The molecule has 4 bridgehead atoms. The Labute approximate surface area is 389 Å². The van der Waals surface area contributed by atoms with Crippen molar-refractivity contribution in [3.8, 4) is 40.1 Å². The van der Waals surface area contributed by atoms with Gasteiger partial charge < -0.3 is 52.8 Å². The van der Waals surface area contributed by atoms with Gasteiger partial charge in [-0.25, -0.2) is 9.97 Å². The molecule has 0 unspecified atom stereocenters. The summed E-state index contributed by atoms with van der Waals surface area (Å²) in [6, 6.07) is 11.9. The number of aromatic hydroxyl groups is 1. The maximum absolute atomic E-state index is 14.7. The van der Waals surface area contributed by atoms with Gasteiger partial charge in [-0.3, -0.25) is 28.8 Å². The lowest BCUT2D eigenvalue weighted by Gasteiger charge is -2.32. The molecule has 10 N–H and O–H groups in total. The summed E-state index contributed by atoms with van der Waals surface area (Å²) in [6.07, 6.45) is -0.227. The number of rotatable bonds is 13. The van der Waals surface area contributed by atoms with E-state index in [1.807, 2.05) is 30.3 Å². The minimum atomic E-state index is -1.50. The average Bonchev–Trinajstić information content (AvgIpc) is 3.27. The van der Waals surface area contributed by atoms with Crippen molar-refractivity contribution in [1.82, 2.24) is 36.1 Å². The summed E-state index contributed by atoms with van der Waals surface area (Å²) in [5.41, 5.74) is 15.4. The zero-order valence-electron chi connectivity index (χ0n) is 39.0. The van der Waals surface area contributed by atoms with E-state index in [0.717, 1.165) is 16.0 Å². The Bertz CT molecular complexity index is 2560. The number of phenolic OH excluding ortho intramolecular Hbond substituents is 1. The average molecular weight is 918 g/mol. The third-order valence-corrected chi connectivity index (χ3v) is 11.2. The highest BCUT2D eigenvalue weighted by molar-refractivity contribution is 6.01. The molecule has 4 aromatic rings. The summed E-state index contributed by atoms with van der Waals surface area (Å²) in [7, 11) is 1.36. The number of nitrogens with zero attached hydrogens (tertiary/aromatic N) is 4. The van der Waals surface area contributed by atoms with Gasteiger partial charge >= 0.3 is 0 Å². The highest BCUT2D eigenvalue weighted by Gasteiger charge is 2.37. The van der Waals surface area contributed by atoms with Crippen LogP contribution in [0.15, 0.2) is 54.6 Å². The van der Waals surface area contributed by atoms with Crippen LogP contribution in [0.5, 0.6) is 11.5 Å². The number of ether oxygens (including phenoxy) is 1. The zero-order valence-corrected chi connectivity index (χ0v) is 39.0. The van der Waals surface area contributed by atoms with Gasteiger partial charge in [-0.2, -0.15) is 5.26 Å². The van der Waals surface area contributed by atoms with Crippen LogP contribution in [0.3, 0.4) is 0 Å². The summed E-state index contributed by atoms with van der Waals surface area (Å²) >= 11 is 0. The number of fused-ring (bicyclic) bond motifs is 5. The lowest BCUT2D eigenvalue weighted by molar-refractivity contribution is -0.141. The van der Waals surface area contributed by atoms with E-state index in [4.69, 9.17) is 16.2 Å². The van der Waals surface area contributed by atoms with Crippen molar-refractivity contribution in [2.75, 3.05) is 38.6 Å². The van der Waals surface area contributed by atoms with Gasteiger partial charge in [0.1, 0.15) is 48.8 Å². The number of nitrogens with one attached hydrogen (secondary N) is 5. The van der Waals surface area contributed by atoms with Crippen molar-refractivity contribution in [3.63, 3.8) is 0 Å². The normalized spacial score (nSPS) is 16.5. The van der Waals surface area contributed by atoms with E-state index in [-0.39, 0.29) is 78.2 Å². The van der Waals surface area contributed by atoms with Crippen LogP contribution in [-0.4, -0.2) is 107 Å². The van der Waals surface area contributed by atoms with Crippen molar-refractivity contribution in [3.05, 3.63) is 88.2 Å². The maximum Gasteiger partial charge on any atom is 0.255 e. The molecule has 5 rings (SSSR count). The first-order valence-corrected chi connectivity index (χ1v) is 21.8. The number of phenols is 1. The molecule has 4 atom stereocenters. The number of amides is 6. The first kappa shape index (κ1) is 50.6. The fourth-order valence-corrected chi connectivity index (χ4v) is 7.75. The second kappa shape index (κ2) is 21.7. The monoisotopic (exact) mass is 917 g/mol. The van der Waals surface area contributed by atoms with Gasteiger partial charge in [0.05, 0.1) is 28.7 Å². The Balaban J connectivity index is 1.59. The Morgan fingerprint density at radius 2 is 1.64 bits per heavy atom. The molecular weight excluding hydrogens is 859 g/mol. The van der Waals surface area contributed by atoms with Crippen LogP contribution >= 0.6 is 0 Å². The first-order valence-electron chi connectivity index (χ1n) is 21.8. The maximum atomic E-state index is 14.7. The molecule has 0 radical (unpaired) electrons. The molecule has 0 fully saturated rings. The Hall–Kier alpha value is -7.43. The van der Waals surface area contributed by atoms with E-state index in [0.29, 0.717) is 22.8 Å². The summed E-state index contributed by atoms with van der Waals surface area (Å²) < 4.78 is 6.01. The van der Waals surface area contributed by atoms with Crippen LogP contribution in [-0.2, 0) is 35.8 Å². The number of carbonyl (C=O) groups excluding carboxylic acids is 6. The van der Waals surface area contributed by atoms with Gasteiger partial charge in [0.2, 0.25) is 29.5 Å². The Morgan fingerprint density at radius 1 is 0.970 bits per heavy atom. The molecular formula is C48H59N11O8. The van der Waals surface area contributed by atoms with Gasteiger partial charge in [-0.1, -0.05) is 51.1 Å². The number of likely N-dealkylation sites (N-methyl/N-ethyl adjacent to an activating group) is 1. The van der Waals surface area contributed by atoms with Crippen LogP contribution in [0, 0.1) is 25.2 Å². The highest BCUT2D eigenvalue weighted by atomic mass is 16.5. The van der Waals surface area contributed by atoms with E-state index in [1.165, 1.54) is 51.2 Å². The number of anilines is 1. The number of aryl methyl sites for hydroxylation is 2. The lowest BCUT2D eigenvalue weighted by Crippen LogP contribution is -2.56. The van der Waals surface area contributed by atoms with E-state index < -0.39 is 65.4 Å². The molecule has 0 aliphatic carbocycles. The van der Waals surface area contributed by atoms with Crippen molar-refractivity contribution in [2.45, 2.75) is 90.9 Å². The molecule has 0 spiro atoms. The Kier molecular flexibility index (Phi) is 16.4. The number of hydrogen-bond acceptors (Lipinski definition) is 13. The zero-order chi connectivity index (χ0) is 49.3. The predicted molar refractivity (Wildman–Crippen MR) is 250 cm³/mol. The predicted octanol–water partition coefficient (Wildman–Crippen LogP) is 2.56. The summed E-state index contributed by atoms with van der Waals surface area (Å²) in [4.78, 5) is 93.3. The molecule has 67 heavy (non-hydrogen) atoms. The number of hydrogen-bond donors (Lipinski definition) is 8. The third-order valence-electron chi connectivity index (χ3n) is 11.2. The quantitative estimate of drug-likeness (QED) is 0.0708. The van der Waals surface area contributed by atoms with E-state index in [1.54, 1.807) is 13.8 Å². The number of carbonyl (C=O) groups is 6. The van der Waals surface area contributed by atoms with Crippen LogP contribution < -0.4 is 42.8 Å². The van der Waals surface area contributed by atoms with Gasteiger partial charge in [0.15, 0.2) is 5.82 Å². The number of benzene rings is 3. The fourth-order valence-electron chi connectivity index (χ4n) is 7.75. The molecule has 3 aromatic carbocycles. The van der Waals surface area contributed by atoms with Gasteiger partial charge in [-0.05, 0) is 80.1 Å². The molecule has 0 saturated carbocycles. The number of nitrogens with two attached hydrogens (primary N) is 2. The molecule has 2 heterocycles. The minimum Gasteiger partial charge on any atom is -0.505 e. The van der Waals surface area contributed by atoms with Crippen LogP contribution in [0.2, 0.25) is 0 Å². The summed E-state index contributed by atoms with van der Waals surface area (Å²) in [6.45, 7) is 12.1. The fraction of sp³-hybridized carbons (Fsp3) is 0.396. The van der Waals surface area contributed by atoms with E-state index in [2.05, 4.69) is 57.3 Å². The van der Waals surface area contributed by atoms with Crippen LogP contribution in [0.4, 0.5) is 5.69 Å². The molecule has 19 nitrogen and oxygen atoms in total. The van der Waals surface area contributed by atoms with Gasteiger partial charge in [0.25, 0.3) is 5.91 Å². The lowest BCUT2D eigenvalue weighted by atomic mass is 9.86. The second-order valence-electron chi connectivity index (χ2n) is 17.4.